The molecule has 0 fully saturated rings. The molecule has 0 unspecified atom stereocenters. The van der Waals surface area contributed by atoms with Gasteiger partial charge in [0.1, 0.15) is 11.6 Å². The van der Waals surface area contributed by atoms with Crippen LogP contribution >= 0.6 is 0 Å². The lowest BCUT2D eigenvalue weighted by Gasteiger charge is -2.02. The van der Waals surface area contributed by atoms with Crippen molar-refractivity contribution in [3.8, 4) is 5.75 Å². The minimum absolute atomic E-state index is 0.320. The van der Waals surface area contributed by atoms with Gasteiger partial charge in [-0.25, -0.2) is 13.2 Å². The Hall–Kier alpha value is -2.23. The molecule has 2 aromatic carbocycles. The van der Waals surface area contributed by atoms with Gasteiger partial charge in [-0.15, -0.1) is 0 Å². The zero-order valence-corrected chi connectivity index (χ0v) is 10.8. The molecule has 0 atom stereocenters. The molecule has 1 nitrogen and oxygen atoms in total. The minimum Gasteiger partial charge on any atom is -0.497 e. The first-order valence-corrected chi connectivity index (χ1v) is 5.99. The first-order valence-electron chi connectivity index (χ1n) is 5.99. The van der Waals surface area contributed by atoms with Crippen molar-refractivity contribution < 1.29 is 17.9 Å². The van der Waals surface area contributed by atoms with Gasteiger partial charge in [-0.3, -0.25) is 0 Å². The summed E-state index contributed by atoms with van der Waals surface area (Å²) in [5.41, 5.74) is 0.948. The molecule has 0 saturated heterocycles. The van der Waals surface area contributed by atoms with E-state index >= 15 is 0 Å². The Morgan fingerprint density at radius 1 is 0.950 bits per heavy atom. The quantitative estimate of drug-likeness (QED) is 0.719. The second-order valence-electron chi connectivity index (χ2n) is 4.23. The Balaban J connectivity index is 2.21. The Kier molecular flexibility index (Phi) is 4.45. The van der Waals surface area contributed by atoms with E-state index in [1.165, 1.54) is 12.1 Å². The summed E-state index contributed by atoms with van der Waals surface area (Å²) in [6.45, 7) is 0. The molecule has 20 heavy (non-hydrogen) atoms. The minimum atomic E-state index is -2.68. The Morgan fingerprint density at radius 2 is 1.60 bits per heavy atom. The maximum atomic E-state index is 13.2. The van der Waals surface area contributed by atoms with Crippen LogP contribution in [-0.4, -0.2) is 7.11 Å². The number of hydrogen-bond donors (Lipinski definition) is 0. The monoisotopic (exact) mass is 278 g/mol. The molecule has 0 aliphatic carbocycles. The lowest BCUT2D eigenvalue weighted by atomic mass is 10.1. The zero-order chi connectivity index (χ0) is 14.5. The number of rotatable bonds is 4. The Morgan fingerprint density at radius 3 is 2.20 bits per heavy atom. The van der Waals surface area contributed by atoms with Gasteiger partial charge in [0, 0.05) is 5.56 Å². The van der Waals surface area contributed by atoms with Gasteiger partial charge >= 0.3 is 0 Å². The van der Waals surface area contributed by atoms with Gasteiger partial charge in [0.2, 0.25) is 0 Å². The van der Waals surface area contributed by atoms with Crippen LogP contribution < -0.4 is 4.74 Å². The van der Waals surface area contributed by atoms with E-state index in [1.54, 1.807) is 31.4 Å². The van der Waals surface area contributed by atoms with Gasteiger partial charge in [0.15, 0.2) is 0 Å². The van der Waals surface area contributed by atoms with Crippen LogP contribution in [0.2, 0.25) is 0 Å². The lowest BCUT2D eigenvalue weighted by molar-refractivity contribution is 0.151. The average Bonchev–Trinajstić information content (AvgIpc) is 2.45. The highest BCUT2D eigenvalue weighted by atomic mass is 19.3. The van der Waals surface area contributed by atoms with Crippen molar-refractivity contribution in [2.75, 3.05) is 7.11 Å². The maximum Gasteiger partial charge on any atom is 0.263 e. The molecule has 0 bridgehead atoms. The zero-order valence-electron chi connectivity index (χ0n) is 10.8. The molecule has 4 heteroatoms. The smallest absolute Gasteiger partial charge is 0.263 e. The van der Waals surface area contributed by atoms with Gasteiger partial charge in [0.25, 0.3) is 6.43 Å². The maximum absolute atomic E-state index is 13.2. The van der Waals surface area contributed by atoms with Crippen molar-refractivity contribution in [1.29, 1.82) is 0 Å². The number of methoxy groups -OCH3 is 1. The SMILES string of the molecule is COc1ccc(/C=C/c2cc(F)cc(C(F)F)c2)cc1. The van der Waals surface area contributed by atoms with Gasteiger partial charge in [-0.1, -0.05) is 24.3 Å². The largest absolute Gasteiger partial charge is 0.497 e. The lowest BCUT2D eigenvalue weighted by Crippen LogP contribution is -1.88. The van der Waals surface area contributed by atoms with E-state index in [9.17, 15) is 13.2 Å². The molecule has 2 aromatic rings. The third-order valence-electron chi connectivity index (χ3n) is 2.78. The molecule has 0 aliphatic heterocycles. The average molecular weight is 278 g/mol. The van der Waals surface area contributed by atoms with Crippen LogP contribution in [0.15, 0.2) is 42.5 Å². The second-order valence-corrected chi connectivity index (χ2v) is 4.23. The molecule has 104 valence electrons. The molecule has 0 saturated carbocycles. The highest BCUT2D eigenvalue weighted by Gasteiger charge is 2.08. The van der Waals surface area contributed by atoms with Crippen molar-refractivity contribution in [3.05, 3.63) is 65.0 Å². The van der Waals surface area contributed by atoms with Crippen molar-refractivity contribution in [3.63, 3.8) is 0 Å². The first kappa shape index (κ1) is 14.2. The predicted molar refractivity (Wildman–Crippen MR) is 73.3 cm³/mol. The van der Waals surface area contributed by atoms with Gasteiger partial charge < -0.3 is 4.74 Å². The van der Waals surface area contributed by atoms with Crippen LogP contribution in [0.3, 0.4) is 0 Å². The van der Waals surface area contributed by atoms with Crippen LogP contribution in [0, 0.1) is 5.82 Å². The number of hydrogen-bond acceptors (Lipinski definition) is 1. The van der Waals surface area contributed by atoms with E-state index in [2.05, 4.69) is 0 Å². The van der Waals surface area contributed by atoms with E-state index < -0.39 is 12.2 Å². The Labute approximate surface area is 115 Å². The molecule has 0 heterocycles. The van der Waals surface area contributed by atoms with Gasteiger partial charge in [0.05, 0.1) is 7.11 Å². The van der Waals surface area contributed by atoms with Crippen LogP contribution in [0.1, 0.15) is 23.1 Å². The van der Waals surface area contributed by atoms with Crippen molar-refractivity contribution in [1.82, 2.24) is 0 Å². The number of halogens is 3. The normalized spacial score (nSPS) is 11.2. The molecule has 0 aromatic heterocycles. The van der Waals surface area contributed by atoms with E-state index in [0.29, 0.717) is 5.56 Å². The molecule has 2 rings (SSSR count). The summed E-state index contributed by atoms with van der Waals surface area (Å²) in [5.74, 6) is 0.0603. The van der Waals surface area contributed by atoms with Crippen LogP contribution in [0.5, 0.6) is 5.75 Å². The predicted octanol–water partition coefficient (Wildman–Crippen LogP) is 4.94. The standard InChI is InChI=1S/C16H13F3O/c1-20-15-6-4-11(5-7-15)2-3-12-8-13(16(18)19)10-14(17)9-12/h2-10,16H,1H3/b3-2+. The molecular formula is C16H13F3O. The summed E-state index contributed by atoms with van der Waals surface area (Å²) in [7, 11) is 1.57. The van der Waals surface area contributed by atoms with E-state index in [-0.39, 0.29) is 5.56 Å². The van der Waals surface area contributed by atoms with Crippen molar-refractivity contribution in [2.45, 2.75) is 6.43 Å². The van der Waals surface area contributed by atoms with Crippen LogP contribution in [-0.2, 0) is 0 Å². The second kappa shape index (κ2) is 6.28. The highest BCUT2D eigenvalue weighted by molar-refractivity contribution is 5.70. The summed E-state index contributed by atoms with van der Waals surface area (Å²) >= 11 is 0. The topological polar surface area (TPSA) is 9.23 Å². The third-order valence-corrected chi connectivity index (χ3v) is 2.78. The molecular weight excluding hydrogens is 265 g/mol. The van der Waals surface area contributed by atoms with E-state index in [0.717, 1.165) is 17.4 Å². The van der Waals surface area contributed by atoms with E-state index in [4.69, 9.17) is 4.74 Å². The van der Waals surface area contributed by atoms with Crippen LogP contribution in [0.25, 0.3) is 12.2 Å². The summed E-state index contributed by atoms with van der Waals surface area (Å²) in [6, 6.07) is 10.5. The molecule has 0 N–H and O–H groups in total. The Bertz CT molecular complexity index is 604. The number of ether oxygens (including phenoxy) is 1. The molecule has 0 amide bonds. The summed E-state index contributed by atoms with van der Waals surface area (Å²) in [4.78, 5) is 0. The fourth-order valence-electron chi connectivity index (χ4n) is 1.77. The van der Waals surface area contributed by atoms with Crippen molar-refractivity contribution >= 4 is 12.2 Å². The summed E-state index contributed by atoms with van der Waals surface area (Å²) in [5, 5.41) is 0. The van der Waals surface area contributed by atoms with Gasteiger partial charge in [-0.05, 0) is 41.5 Å². The molecule has 0 spiro atoms. The fourth-order valence-corrected chi connectivity index (χ4v) is 1.77. The summed E-state index contributed by atoms with van der Waals surface area (Å²) in [6.07, 6.45) is 0.638. The van der Waals surface area contributed by atoms with E-state index in [1.807, 2.05) is 12.1 Å². The summed E-state index contributed by atoms with van der Waals surface area (Å²) < 4.78 is 43.4. The number of alkyl halides is 2. The third kappa shape index (κ3) is 3.63. The highest BCUT2D eigenvalue weighted by Crippen LogP contribution is 2.22. The fraction of sp³-hybridized carbons (Fsp3) is 0.125. The van der Waals surface area contributed by atoms with Gasteiger partial charge in [-0.2, -0.15) is 0 Å². The number of benzene rings is 2. The first-order chi connectivity index (χ1) is 9.58. The van der Waals surface area contributed by atoms with Crippen molar-refractivity contribution in [2.24, 2.45) is 0 Å². The van der Waals surface area contributed by atoms with Crippen LogP contribution in [0.4, 0.5) is 13.2 Å². The molecule has 0 aliphatic rings. The molecule has 0 radical (unpaired) electrons.